The fourth-order valence-electron chi connectivity index (χ4n) is 5.13. The number of anilines is 1. The second-order valence-corrected chi connectivity index (χ2v) is 11.8. The van der Waals surface area contributed by atoms with Crippen LogP contribution in [-0.2, 0) is 22.3 Å². The summed E-state index contributed by atoms with van der Waals surface area (Å²) in [5.41, 5.74) is 0.504. The highest BCUT2D eigenvalue weighted by Gasteiger charge is 2.57. The molecule has 1 aromatic heterocycles. The number of carbonyl (C=O) groups excluding carboxylic acids is 2. The zero-order valence-corrected chi connectivity index (χ0v) is 22.3. The molecular formula is C28H18ClF3N2O3S2. The van der Waals surface area contributed by atoms with Crippen LogP contribution < -0.4 is 9.77 Å². The summed E-state index contributed by atoms with van der Waals surface area (Å²) in [6, 6.07) is 20.4. The van der Waals surface area contributed by atoms with Gasteiger partial charge in [-0.05, 0) is 41.5 Å². The Bertz CT molecular complexity index is 1650. The van der Waals surface area contributed by atoms with E-state index < -0.39 is 40.6 Å². The maximum Gasteiger partial charge on any atom is 0.416 e. The Hall–Kier alpha value is -3.34. The molecule has 0 N–H and O–H groups in total. The van der Waals surface area contributed by atoms with Gasteiger partial charge in [0.25, 0.3) is 0 Å². The third kappa shape index (κ3) is 4.50. The van der Waals surface area contributed by atoms with E-state index in [0.29, 0.717) is 20.5 Å². The number of nitrogens with zero attached hydrogens (tertiary/aromatic N) is 2. The van der Waals surface area contributed by atoms with Crippen molar-refractivity contribution in [3.8, 4) is 0 Å². The minimum atomic E-state index is -4.63. The van der Waals surface area contributed by atoms with E-state index in [4.69, 9.17) is 11.6 Å². The number of fused-ring (bicyclic) bond motifs is 2. The Labute approximate surface area is 233 Å². The second-order valence-electron chi connectivity index (χ2n) is 9.26. The first-order valence-electron chi connectivity index (χ1n) is 11.9. The molecule has 1 saturated heterocycles. The molecule has 2 aliphatic heterocycles. The van der Waals surface area contributed by atoms with Gasteiger partial charge in [0.2, 0.25) is 11.8 Å². The molecule has 3 aromatic carbocycles. The van der Waals surface area contributed by atoms with Crippen molar-refractivity contribution in [2.75, 3.05) is 4.90 Å². The first kappa shape index (κ1) is 25.9. The summed E-state index contributed by atoms with van der Waals surface area (Å²) < 4.78 is 41.9. The van der Waals surface area contributed by atoms with Gasteiger partial charge >= 0.3 is 11.0 Å². The van der Waals surface area contributed by atoms with E-state index in [1.807, 2.05) is 30.3 Å². The normalized spacial score (nSPS) is 20.7. The molecule has 1 fully saturated rings. The van der Waals surface area contributed by atoms with E-state index in [1.165, 1.54) is 12.1 Å². The van der Waals surface area contributed by atoms with Crippen LogP contribution in [0.2, 0.25) is 5.02 Å². The summed E-state index contributed by atoms with van der Waals surface area (Å²) in [6.07, 6.45) is -4.63. The lowest BCUT2D eigenvalue weighted by molar-refractivity contribution is -0.137. The van der Waals surface area contributed by atoms with Crippen molar-refractivity contribution in [2.24, 2.45) is 5.92 Å². The predicted octanol–water partition coefficient (Wildman–Crippen LogP) is 6.43. The van der Waals surface area contributed by atoms with Crippen LogP contribution in [0.15, 0.2) is 88.7 Å². The second kappa shape index (κ2) is 9.69. The van der Waals surface area contributed by atoms with Gasteiger partial charge in [-0.15, -0.1) is 0 Å². The van der Waals surface area contributed by atoms with E-state index in [-0.39, 0.29) is 17.1 Å². The fraction of sp³-hybridized carbons (Fsp3) is 0.179. The van der Waals surface area contributed by atoms with Crippen LogP contribution in [0, 0.1) is 5.92 Å². The summed E-state index contributed by atoms with van der Waals surface area (Å²) in [5, 5.41) is 0.147. The molecule has 6 rings (SSSR count). The van der Waals surface area contributed by atoms with Gasteiger partial charge in [0.15, 0.2) is 0 Å². The van der Waals surface area contributed by atoms with Gasteiger partial charge in [-0.2, -0.15) is 13.2 Å². The number of thiazole rings is 1. The van der Waals surface area contributed by atoms with E-state index in [0.717, 1.165) is 45.7 Å². The van der Waals surface area contributed by atoms with Crippen LogP contribution in [-0.4, -0.2) is 21.6 Å². The minimum Gasteiger partial charge on any atom is -0.289 e. The molecule has 5 nitrogen and oxygen atoms in total. The van der Waals surface area contributed by atoms with Gasteiger partial charge < -0.3 is 0 Å². The topological polar surface area (TPSA) is 59.4 Å². The number of halogens is 4. The quantitative estimate of drug-likeness (QED) is 0.259. The largest absolute Gasteiger partial charge is 0.416 e. The average Bonchev–Trinajstić information content (AvgIpc) is 3.35. The van der Waals surface area contributed by atoms with Crippen molar-refractivity contribution in [2.45, 2.75) is 28.9 Å². The predicted molar refractivity (Wildman–Crippen MR) is 144 cm³/mol. The molecule has 11 heteroatoms. The highest BCUT2D eigenvalue weighted by Crippen LogP contribution is 2.54. The lowest BCUT2D eigenvalue weighted by Crippen LogP contribution is -2.32. The Morgan fingerprint density at radius 1 is 0.872 bits per heavy atom. The Balaban J connectivity index is 1.48. The molecule has 0 bridgehead atoms. The number of benzene rings is 3. The SMILES string of the molecule is O=C1[C@@H]2[C@H](c3ccc(Cl)cc3)c3sc(=O)n(Cc4ccccc4)c3S[C@H]2C(=O)N1c1cccc(C(F)(F)F)c1. The summed E-state index contributed by atoms with van der Waals surface area (Å²) in [4.78, 5) is 42.1. The number of alkyl halides is 3. The molecule has 0 spiro atoms. The number of amides is 2. The highest BCUT2D eigenvalue weighted by atomic mass is 35.5. The van der Waals surface area contributed by atoms with Crippen LogP contribution >= 0.6 is 34.7 Å². The van der Waals surface area contributed by atoms with Crippen molar-refractivity contribution >= 4 is 52.2 Å². The van der Waals surface area contributed by atoms with Crippen LogP contribution in [0.25, 0.3) is 0 Å². The standard InChI is InChI=1S/C28H18ClF3N2O3S2/c29-18-11-9-16(10-12-18)20-21-22(25(36)34(24(21)35)19-8-4-7-17(13-19)28(30,31)32)38-26-23(20)39-27(37)33(26)14-15-5-2-1-3-6-15/h1-13,20-22H,14H2/t20-,21+,22+/m0/s1. The molecule has 4 aromatic rings. The average molecular weight is 587 g/mol. The van der Waals surface area contributed by atoms with E-state index in [1.54, 1.807) is 28.8 Å². The monoisotopic (exact) mass is 586 g/mol. The third-order valence-corrected chi connectivity index (χ3v) is 9.75. The van der Waals surface area contributed by atoms with E-state index >= 15 is 0 Å². The number of hydrogen-bond donors (Lipinski definition) is 0. The zero-order chi connectivity index (χ0) is 27.5. The lowest BCUT2D eigenvalue weighted by Gasteiger charge is -2.30. The van der Waals surface area contributed by atoms with Gasteiger partial charge in [0.05, 0.1) is 28.7 Å². The molecule has 3 heterocycles. The van der Waals surface area contributed by atoms with Gasteiger partial charge in [-0.3, -0.25) is 19.0 Å². The van der Waals surface area contributed by atoms with Gasteiger partial charge in [0.1, 0.15) is 5.25 Å². The lowest BCUT2D eigenvalue weighted by atomic mass is 9.83. The minimum absolute atomic E-state index is 0.130. The van der Waals surface area contributed by atoms with Gasteiger partial charge in [-0.25, -0.2) is 4.90 Å². The molecule has 0 radical (unpaired) electrons. The molecule has 2 aliphatic rings. The van der Waals surface area contributed by atoms with Crippen molar-refractivity contribution in [1.29, 1.82) is 0 Å². The third-order valence-electron chi connectivity index (χ3n) is 6.89. The first-order valence-corrected chi connectivity index (χ1v) is 14.0. The Kier molecular flexibility index (Phi) is 6.44. The van der Waals surface area contributed by atoms with E-state index in [2.05, 4.69) is 0 Å². The molecule has 0 aliphatic carbocycles. The molecule has 2 amide bonds. The number of rotatable bonds is 4. The highest BCUT2D eigenvalue weighted by molar-refractivity contribution is 8.00. The molecule has 198 valence electrons. The number of aromatic nitrogens is 1. The van der Waals surface area contributed by atoms with Gasteiger partial charge in [-0.1, -0.05) is 83.2 Å². The summed E-state index contributed by atoms with van der Waals surface area (Å²) in [5.74, 6) is -2.76. The number of thioether (sulfide) groups is 1. The van der Waals surface area contributed by atoms with Crippen molar-refractivity contribution in [1.82, 2.24) is 4.57 Å². The molecule has 0 saturated carbocycles. The molecule has 0 unspecified atom stereocenters. The van der Waals surface area contributed by atoms with E-state index in [9.17, 15) is 27.6 Å². The van der Waals surface area contributed by atoms with Crippen molar-refractivity contribution in [3.63, 3.8) is 0 Å². The number of hydrogen-bond acceptors (Lipinski definition) is 5. The van der Waals surface area contributed by atoms with Crippen LogP contribution in [0.3, 0.4) is 0 Å². The maximum absolute atomic E-state index is 13.9. The first-order chi connectivity index (χ1) is 18.6. The Morgan fingerprint density at radius 3 is 2.28 bits per heavy atom. The summed E-state index contributed by atoms with van der Waals surface area (Å²) in [7, 11) is 0. The zero-order valence-electron chi connectivity index (χ0n) is 19.9. The van der Waals surface area contributed by atoms with Gasteiger partial charge in [0, 0.05) is 15.8 Å². The molecular weight excluding hydrogens is 569 g/mol. The van der Waals surface area contributed by atoms with Crippen LogP contribution in [0.4, 0.5) is 18.9 Å². The number of carbonyl (C=O) groups is 2. The maximum atomic E-state index is 13.9. The smallest absolute Gasteiger partial charge is 0.289 e. The summed E-state index contributed by atoms with van der Waals surface area (Å²) >= 11 is 8.26. The molecule has 3 atom stereocenters. The summed E-state index contributed by atoms with van der Waals surface area (Å²) in [6.45, 7) is 0.280. The van der Waals surface area contributed by atoms with Crippen LogP contribution in [0.1, 0.15) is 27.5 Å². The van der Waals surface area contributed by atoms with Crippen molar-refractivity contribution < 1.29 is 22.8 Å². The van der Waals surface area contributed by atoms with Crippen LogP contribution in [0.5, 0.6) is 0 Å². The Morgan fingerprint density at radius 2 is 1.59 bits per heavy atom. The fourth-order valence-corrected chi connectivity index (χ4v) is 8.03. The number of imide groups is 1. The van der Waals surface area contributed by atoms with Crippen molar-refractivity contribution in [3.05, 3.63) is 115 Å². The molecule has 39 heavy (non-hydrogen) atoms.